The molecule has 1 fully saturated rings. The van der Waals surface area contributed by atoms with Crippen molar-refractivity contribution in [2.45, 2.75) is 18.7 Å². The molecule has 6 heteroatoms. The highest BCUT2D eigenvalue weighted by atomic mass is 31.0. The number of pyridine rings is 1. The maximum atomic E-state index is 13.2. The molecule has 1 saturated heterocycles. The minimum Gasteiger partial charge on any atom is -0.486 e. The summed E-state index contributed by atoms with van der Waals surface area (Å²) in [6.45, 7) is 3.18. The van der Waals surface area contributed by atoms with E-state index in [-0.39, 0.29) is 17.5 Å². The molecule has 0 spiro atoms. The summed E-state index contributed by atoms with van der Waals surface area (Å²) in [5.74, 6) is 0.173. The Bertz CT molecular complexity index is 391. The van der Waals surface area contributed by atoms with Crippen LogP contribution in [0.25, 0.3) is 0 Å². The van der Waals surface area contributed by atoms with Crippen LogP contribution in [-0.2, 0) is 5.66 Å². The SMILES string of the molecule is Cc1cnc(C(F)(F)P)c(OC2CNC2)c1. The van der Waals surface area contributed by atoms with Crippen molar-refractivity contribution in [2.24, 2.45) is 0 Å². The lowest BCUT2D eigenvalue weighted by atomic mass is 10.2. The van der Waals surface area contributed by atoms with E-state index in [0.29, 0.717) is 13.1 Å². The third-order valence-corrected chi connectivity index (χ3v) is 2.62. The van der Waals surface area contributed by atoms with Gasteiger partial charge in [0.25, 0.3) is 0 Å². The van der Waals surface area contributed by atoms with Gasteiger partial charge < -0.3 is 10.1 Å². The van der Waals surface area contributed by atoms with Crippen molar-refractivity contribution in [3.8, 4) is 5.75 Å². The molecule has 1 aromatic heterocycles. The van der Waals surface area contributed by atoms with Gasteiger partial charge >= 0.3 is 5.66 Å². The van der Waals surface area contributed by atoms with Crippen molar-refractivity contribution in [2.75, 3.05) is 13.1 Å². The Labute approximate surface area is 94.8 Å². The average molecular weight is 246 g/mol. The Morgan fingerprint density at radius 3 is 2.75 bits per heavy atom. The molecule has 1 aliphatic rings. The molecular weight excluding hydrogens is 233 g/mol. The Morgan fingerprint density at radius 2 is 2.25 bits per heavy atom. The van der Waals surface area contributed by atoms with Crippen LogP contribution in [0.15, 0.2) is 12.3 Å². The number of aromatic nitrogens is 1. The number of rotatable bonds is 3. The topological polar surface area (TPSA) is 34.1 Å². The molecular formula is C10H13F2N2OP. The third kappa shape index (κ3) is 2.47. The van der Waals surface area contributed by atoms with Crippen LogP contribution < -0.4 is 10.1 Å². The summed E-state index contributed by atoms with van der Waals surface area (Å²) in [4.78, 5) is 3.74. The van der Waals surface area contributed by atoms with Gasteiger partial charge in [0, 0.05) is 19.3 Å². The summed E-state index contributed by atoms with van der Waals surface area (Å²) < 4.78 is 31.9. The summed E-state index contributed by atoms with van der Waals surface area (Å²) >= 11 is 0. The first-order valence-corrected chi connectivity index (χ1v) is 5.56. The molecule has 1 N–H and O–H groups in total. The smallest absolute Gasteiger partial charge is 0.303 e. The fourth-order valence-corrected chi connectivity index (χ4v) is 1.62. The molecule has 2 heterocycles. The van der Waals surface area contributed by atoms with Gasteiger partial charge in [-0.3, -0.25) is 4.98 Å². The van der Waals surface area contributed by atoms with Gasteiger partial charge in [-0.15, -0.1) is 0 Å². The summed E-state index contributed by atoms with van der Waals surface area (Å²) in [5, 5.41) is 3.02. The van der Waals surface area contributed by atoms with E-state index in [0.717, 1.165) is 5.56 Å². The Morgan fingerprint density at radius 1 is 1.56 bits per heavy atom. The molecule has 0 bridgehead atoms. The number of hydrogen-bond acceptors (Lipinski definition) is 3. The first-order chi connectivity index (χ1) is 7.47. The van der Waals surface area contributed by atoms with Crippen LogP contribution in [0.1, 0.15) is 11.3 Å². The fourth-order valence-electron chi connectivity index (χ4n) is 1.41. The molecule has 2 rings (SSSR count). The molecule has 0 saturated carbocycles. The lowest BCUT2D eigenvalue weighted by Gasteiger charge is -2.29. The highest BCUT2D eigenvalue weighted by Gasteiger charge is 2.32. The number of ether oxygens (including phenoxy) is 1. The molecule has 0 aromatic carbocycles. The molecule has 0 amide bonds. The van der Waals surface area contributed by atoms with Gasteiger partial charge in [-0.05, 0) is 18.6 Å². The first kappa shape index (κ1) is 11.7. The maximum Gasteiger partial charge on any atom is 0.303 e. The zero-order chi connectivity index (χ0) is 11.8. The normalized spacial score (nSPS) is 17.0. The number of alkyl halides is 2. The summed E-state index contributed by atoms with van der Waals surface area (Å²) in [6, 6.07) is 1.60. The number of hydrogen-bond donors (Lipinski definition) is 1. The summed E-state index contributed by atoms with van der Waals surface area (Å²) in [6.07, 6.45) is 1.38. The van der Waals surface area contributed by atoms with Crippen LogP contribution in [0.3, 0.4) is 0 Å². The molecule has 3 nitrogen and oxygen atoms in total. The van der Waals surface area contributed by atoms with E-state index >= 15 is 0 Å². The van der Waals surface area contributed by atoms with Crippen molar-refractivity contribution < 1.29 is 13.5 Å². The largest absolute Gasteiger partial charge is 0.486 e. The Hall–Kier alpha value is -0.800. The van der Waals surface area contributed by atoms with Crippen molar-refractivity contribution >= 4 is 9.24 Å². The number of aryl methyl sites for hydroxylation is 1. The molecule has 1 aromatic rings. The van der Waals surface area contributed by atoms with Crippen molar-refractivity contribution in [1.82, 2.24) is 10.3 Å². The zero-order valence-electron chi connectivity index (χ0n) is 8.84. The highest BCUT2D eigenvalue weighted by molar-refractivity contribution is 7.17. The Balaban J connectivity index is 2.28. The lowest BCUT2D eigenvalue weighted by Crippen LogP contribution is -2.50. The second kappa shape index (κ2) is 4.22. The van der Waals surface area contributed by atoms with E-state index in [1.165, 1.54) is 15.4 Å². The zero-order valence-corrected chi connectivity index (χ0v) is 9.99. The van der Waals surface area contributed by atoms with Crippen LogP contribution in [0.2, 0.25) is 0 Å². The van der Waals surface area contributed by atoms with Crippen LogP contribution >= 0.6 is 9.24 Å². The molecule has 1 atom stereocenters. The number of nitrogens with one attached hydrogen (secondary N) is 1. The Kier molecular flexibility index (Phi) is 3.08. The van der Waals surface area contributed by atoms with Crippen molar-refractivity contribution in [3.05, 3.63) is 23.5 Å². The maximum absolute atomic E-state index is 13.2. The molecule has 16 heavy (non-hydrogen) atoms. The standard InChI is InChI=1S/C10H13F2N2OP/c1-6-2-8(15-7-4-13-5-7)9(14-3-6)10(11,12)16/h2-3,7,13H,4-5,16H2,1H3. The van der Waals surface area contributed by atoms with E-state index in [4.69, 9.17) is 4.74 Å². The lowest BCUT2D eigenvalue weighted by molar-refractivity contribution is 0.0835. The second-order valence-electron chi connectivity index (χ2n) is 3.88. The van der Waals surface area contributed by atoms with E-state index in [1.807, 2.05) is 0 Å². The van der Waals surface area contributed by atoms with E-state index in [9.17, 15) is 8.78 Å². The number of nitrogens with zero attached hydrogens (tertiary/aromatic N) is 1. The predicted molar refractivity (Wildman–Crippen MR) is 59.9 cm³/mol. The van der Waals surface area contributed by atoms with Gasteiger partial charge in [0.1, 0.15) is 11.9 Å². The van der Waals surface area contributed by atoms with Crippen LogP contribution in [0.5, 0.6) is 5.75 Å². The second-order valence-corrected chi connectivity index (χ2v) is 4.61. The molecule has 0 aliphatic carbocycles. The van der Waals surface area contributed by atoms with E-state index < -0.39 is 5.66 Å². The van der Waals surface area contributed by atoms with Gasteiger partial charge in [-0.25, -0.2) is 0 Å². The van der Waals surface area contributed by atoms with E-state index in [2.05, 4.69) is 10.3 Å². The minimum atomic E-state index is -3.06. The third-order valence-electron chi connectivity index (χ3n) is 2.34. The fraction of sp³-hybridized carbons (Fsp3) is 0.500. The van der Waals surface area contributed by atoms with Crippen LogP contribution in [0, 0.1) is 6.92 Å². The summed E-state index contributed by atoms with van der Waals surface area (Å²) in [5.41, 5.74) is -2.57. The highest BCUT2D eigenvalue weighted by Crippen LogP contribution is 2.39. The monoisotopic (exact) mass is 246 g/mol. The van der Waals surface area contributed by atoms with Crippen LogP contribution in [0.4, 0.5) is 8.78 Å². The summed E-state index contributed by atoms with van der Waals surface area (Å²) in [7, 11) is 1.48. The first-order valence-electron chi connectivity index (χ1n) is 4.98. The molecule has 1 aliphatic heterocycles. The van der Waals surface area contributed by atoms with Gasteiger partial charge in [-0.1, -0.05) is 9.24 Å². The van der Waals surface area contributed by atoms with Crippen molar-refractivity contribution in [3.63, 3.8) is 0 Å². The minimum absolute atomic E-state index is 0.0327. The number of halogens is 2. The molecule has 0 radical (unpaired) electrons. The average Bonchev–Trinajstić information content (AvgIpc) is 2.09. The predicted octanol–water partition coefficient (Wildman–Crippen LogP) is 1.67. The van der Waals surface area contributed by atoms with Gasteiger partial charge in [0.15, 0.2) is 5.69 Å². The molecule has 1 unspecified atom stereocenters. The quantitative estimate of drug-likeness (QED) is 0.824. The van der Waals surface area contributed by atoms with Gasteiger partial charge in [0.2, 0.25) is 0 Å². The van der Waals surface area contributed by atoms with Gasteiger partial charge in [0.05, 0.1) is 0 Å². The van der Waals surface area contributed by atoms with Gasteiger partial charge in [-0.2, -0.15) is 8.78 Å². The van der Waals surface area contributed by atoms with E-state index in [1.54, 1.807) is 13.0 Å². The van der Waals surface area contributed by atoms with Crippen molar-refractivity contribution in [1.29, 1.82) is 0 Å². The molecule has 88 valence electrons. The van der Waals surface area contributed by atoms with Crippen LogP contribution in [-0.4, -0.2) is 24.2 Å².